The molecular weight excluding hydrogens is 198 g/mol. The molecule has 0 atom stereocenters. The SMILES string of the molecule is CC#CCNCc1cnc2ccc(C)cn12. The topological polar surface area (TPSA) is 29.3 Å². The van der Waals surface area contributed by atoms with Crippen LogP contribution in [0.25, 0.3) is 5.65 Å². The molecular formula is C13H15N3. The Kier molecular flexibility index (Phi) is 3.23. The number of aromatic nitrogens is 2. The lowest BCUT2D eigenvalue weighted by Crippen LogP contribution is -2.14. The highest BCUT2D eigenvalue weighted by Gasteiger charge is 2.01. The first kappa shape index (κ1) is 10.7. The van der Waals surface area contributed by atoms with E-state index in [-0.39, 0.29) is 0 Å². The van der Waals surface area contributed by atoms with Crippen molar-refractivity contribution in [2.75, 3.05) is 6.54 Å². The van der Waals surface area contributed by atoms with Crippen molar-refractivity contribution in [2.45, 2.75) is 20.4 Å². The third-order valence-electron chi connectivity index (χ3n) is 2.43. The molecule has 0 unspecified atom stereocenters. The average Bonchev–Trinajstić information content (AvgIpc) is 2.67. The molecule has 0 aliphatic carbocycles. The van der Waals surface area contributed by atoms with Gasteiger partial charge in [-0.2, -0.15) is 0 Å². The van der Waals surface area contributed by atoms with Crippen LogP contribution in [-0.2, 0) is 6.54 Å². The quantitative estimate of drug-likeness (QED) is 0.622. The molecule has 0 bridgehead atoms. The Morgan fingerprint density at radius 3 is 3.12 bits per heavy atom. The molecule has 0 radical (unpaired) electrons. The molecule has 2 aromatic rings. The summed E-state index contributed by atoms with van der Waals surface area (Å²) in [5.41, 5.74) is 3.39. The summed E-state index contributed by atoms with van der Waals surface area (Å²) in [6.07, 6.45) is 4.01. The summed E-state index contributed by atoms with van der Waals surface area (Å²) in [5, 5.41) is 3.27. The van der Waals surface area contributed by atoms with Gasteiger partial charge in [0.25, 0.3) is 0 Å². The van der Waals surface area contributed by atoms with Crippen molar-refractivity contribution in [3.8, 4) is 11.8 Å². The molecule has 3 heteroatoms. The van der Waals surface area contributed by atoms with Gasteiger partial charge in [0.05, 0.1) is 18.4 Å². The summed E-state index contributed by atoms with van der Waals surface area (Å²) in [7, 11) is 0. The van der Waals surface area contributed by atoms with Crippen molar-refractivity contribution < 1.29 is 0 Å². The van der Waals surface area contributed by atoms with Crippen molar-refractivity contribution >= 4 is 5.65 Å². The van der Waals surface area contributed by atoms with Gasteiger partial charge < -0.3 is 9.72 Å². The van der Waals surface area contributed by atoms with E-state index in [0.29, 0.717) is 0 Å². The molecule has 2 rings (SSSR count). The van der Waals surface area contributed by atoms with Crippen molar-refractivity contribution in [3.63, 3.8) is 0 Å². The normalized spacial score (nSPS) is 10.1. The number of fused-ring (bicyclic) bond motifs is 1. The summed E-state index contributed by atoms with van der Waals surface area (Å²) < 4.78 is 2.11. The van der Waals surface area contributed by atoms with Crippen molar-refractivity contribution in [2.24, 2.45) is 0 Å². The third kappa shape index (κ3) is 2.23. The van der Waals surface area contributed by atoms with Gasteiger partial charge in [0.2, 0.25) is 0 Å². The summed E-state index contributed by atoms with van der Waals surface area (Å²) in [4.78, 5) is 4.35. The van der Waals surface area contributed by atoms with E-state index < -0.39 is 0 Å². The third-order valence-corrected chi connectivity index (χ3v) is 2.43. The van der Waals surface area contributed by atoms with Crippen molar-refractivity contribution in [1.82, 2.24) is 14.7 Å². The molecule has 0 aromatic carbocycles. The van der Waals surface area contributed by atoms with Crippen LogP contribution in [0.2, 0.25) is 0 Å². The second-order valence-electron chi connectivity index (χ2n) is 3.71. The molecule has 0 saturated heterocycles. The highest BCUT2D eigenvalue weighted by atomic mass is 15.0. The van der Waals surface area contributed by atoms with Crippen LogP contribution in [0.3, 0.4) is 0 Å². The number of hydrogen-bond donors (Lipinski definition) is 1. The Bertz CT molecular complexity index is 543. The fourth-order valence-electron chi connectivity index (χ4n) is 1.61. The van der Waals surface area contributed by atoms with E-state index in [1.165, 1.54) is 5.56 Å². The van der Waals surface area contributed by atoms with Crippen LogP contribution in [0.4, 0.5) is 0 Å². The summed E-state index contributed by atoms with van der Waals surface area (Å²) in [6, 6.07) is 4.10. The second kappa shape index (κ2) is 4.82. The number of pyridine rings is 1. The van der Waals surface area contributed by atoms with Crippen LogP contribution in [0.5, 0.6) is 0 Å². The fraction of sp³-hybridized carbons (Fsp3) is 0.308. The lowest BCUT2D eigenvalue weighted by atomic mass is 10.3. The molecule has 0 aliphatic rings. The lowest BCUT2D eigenvalue weighted by molar-refractivity contribution is 0.742. The molecule has 3 nitrogen and oxygen atoms in total. The van der Waals surface area contributed by atoms with Gasteiger partial charge in [-0.15, -0.1) is 5.92 Å². The smallest absolute Gasteiger partial charge is 0.136 e. The lowest BCUT2D eigenvalue weighted by Gasteiger charge is -2.02. The molecule has 16 heavy (non-hydrogen) atoms. The molecule has 0 spiro atoms. The molecule has 82 valence electrons. The minimum absolute atomic E-state index is 0.718. The van der Waals surface area contributed by atoms with Crippen LogP contribution in [0.15, 0.2) is 24.5 Å². The predicted molar refractivity (Wildman–Crippen MR) is 65.1 cm³/mol. The maximum atomic E-state index is 4.35. The zero-order valence-electron chi connectivity index (χ0n) is 9.62. The van der Waals surface area contributed by atoms with E-state index in [2.05, 4.69) is 45.7 Å². The van der Waals surface area contributed by atoms with Gasteiger partial charge in [-0.1, -0.05) is 12.0 Å². The summed E-state index contributed by atoms with van der Waals surface area (Å²) in [5.74, 6) is 5.84. The highest BCUT2D eigenvalue weighted by molar-refractivity contribution is 5.41. The van der Waals surface area contributed by atoms with Gasteiger partial charge in [-0.3, -0.25) is 0 Å². The molecule has 2 heterocycles. The van der Waals surface area contributed by atoms with Crippen LogP contribution in [0.1, 0.15) is 18.2 Å². The van der Waals surface area contributed by atoms with Gasteiger partial charge >= 0.3 is 0 Å². The van der Waals surface area contributed by atoms with Crippen LogP contribution in [-0.4, -0.2) is 15.9 Å². The molecule has 0 aliphatic heterocycles. The van der Waals surface area contributed by atoms with Crippen LogP contribution in [0, 0.1) is 18.8 Å². The van der Waals surface area contributed by atoms with Crippen LogP contribution >= 0.6 is 0 Å². The van der Waals surface area contributed by atoms with Crippen LogP contribution < -0.4 is 5.32 Å². The van der Waals surface area contributed by atoms with Crippen molar-refractivity contribution in [3.05, 3.63) is 35.8 Å². The van der Waals surface area contributed by atoms with Crippen molar-refractivity contribution in [1.29, 1.82) is 0 Å². The van der Waals surface area contributed by atoms with Gasteiger partial charge in [0, 0.05) is 12.7 Å². The summed E-state index contributed by atoms with van der Waals surface area (Å²) in [6.45, 7) is 5.44. The Morgan fingerprint density at radius 1 is 1.44 bits per heavy atom. The van der Waals surface area contributed by atoms with E-state index in [1.807, 2.05) is 19.2 Å². The standard InChI is InChI=1S/C13H15N3/c1-3-4-7-14-8-12-9-15-13-6-5-11(2)10-16(12)13/h5-6,9-10,14H,7-8H2,1-2H3. The Balaban J connectivity index is 2.16. The second-order valence-corrected chi connectivity index (χ2v) is 3.71. The Labute approximate surface area is 95.5 Å². The van der Waals surface area contributed by atoms with E-state index in [1.54, 1.807) is 0 Å². The first-order chi connectivity index (χ1) is 7.81. The minimum atomic E-state index is 0.718. The summed E-state index contributed by atoms with van der Waals surface area (Å²) >= 11 is 0. The maximum absolute atomic E-state index is 4.35. The number of rotatable bonds is 3. The Morgan fingerprint density at radius 2 is 2.31 bits per heavy atom. The number of nitrogens with one attached hydrogen (secondary N) is 1. The van der Waals surface area contributed by atoms with E-state index in [4.69, 9.17) is 0 Å². The number of imidazole rings is 1. The zero-order valence-corrected chi connectivity index (χ0v) is 9.62. The first-order valence-corrected chi connectivity index (χ1v) is 5.34. The molecule has 2 aromatic heterocycles. The molecule has 0 fully saturated rings. The van der Waals surface area contributed by atoms with E-state index in [0.717, 1.165) is 24.4 Å². The van der Waals surface area contributed by atoms with Gasteiger partial charge in [-0.25, -0.2) is 4.98 Å². The average molecular weight is 213 g/mol. The number of hydrogen-bond acceptors (Lipinski definition) is 2. The molecule has 1 N–H and O–H groups in total. The molecule has 0 saturated carbocycles. The Hall–Kier alpha value is -1.79. The fourth-order valence-corrected chi connectivity index (χ4v) is 1.61. The monoisotopic (exact) mass is 213 g/mol. The van der Waals surface area contributed by atoms with E-state index >= 15 is 0 Å². The maximum Gasteiger partial charge on any atom is 0.136 e. The van der Waals surface area contributed by atoms with Gasteiger partial charge in [-0.05, 0) is 25.5 Å². The number of nitrogens with zero attached hydrogens (tertiary/aromatic N) is 2. The zero-order chi connectivity index (χ0) is 11.4. The predicted octanol–water partition coefficient (Wildman–Crippen LogP) is 1.76. The van der Waals surface area contributed by atoms with Gasteiger partial charge in [0.1, 0.15) is 5.65 Å². The van der Waals surface area contributed by atoms with E-state index in [9.17, 15) is 0 Å². The largest absolute Gasteiger partial charge is 0.303 e. The molecule has 0 amide bonds. The minimum Gasteiger partial charge on any atom is -0.303 e. The first-order valence-electron chi connectivity index (χ1n) is 5.34. The highest BCUT2D eigenvalue weighted by Crippen LogP contribution is 2.08. The number of aryl methyl sites for hydroxylation is 1. The van der Waals surface area contributed by atoms with Gasteiger partial charge in [0.15, 0.2) is 0 Å².